The first kappa shape index (κ1) is 15.4. The molecule has 0 spiro atoms. The highest BCUT2D eigenvalue weighted by atomic mass is 32.2. The minimum absolute atomic E-state index is 0.0308. The van der Waals surface area contributed by atoms with E-state index >= 15 is 0 Å². The maximum atomic E-state index is 12.2. The van der Waals surface area contributed by atoms with Crippen molar-refractivity contribution in [2.24, 2.45) is 5.73 Å². The smallest absolute Gasteiger partial charge is 0.240 e. The Morgan fingerprint density at radius 1 is 1.25 bits per heavy atom. The summed E-state index contributed by atoms with van der Waals surface area (Å²) in [4.78, 5) is 0.161. The van der Waals surface area contributed by atoms with Crippen molar-refractivity contribution in [2.45, 2.75) is 30.3 Å². The summed E-state index contributed by atoms with van der Waals surface area (Å²) < 4.78 is 49.7. The van der Waals surface area contributed by atoms with Gasteiger partial charge in [-0.15, -0.1) is 0 Å². The fraction of sp³-hybridized carbons (Fsp3) is 0.500. The van der Waals surface area contributed by atoms with Crippen LogP contribution in [-0.2, 0) is 26.4 Å². The molecule has 0 unspecified atom stereocenters. The highest BCUT2D eigenvalue weighted by Crippen LogP contribution is 2.17. The van der Waals surface area contributed by atoms with Gasteiger partial charge in [0.15, 0.2) is 0 Å². The van der Waals surface area contributed by atoms with Gasteiger partial charge in [-0.3, -0.25) is 0 Å². The van der Waals surface area contributed by atoms with Crippen LogP contribution < -0.4 is 10.5 Å². The molecule has 0 radical (unpaired) electrons. The van der Waals surface area contributed by atoms with Crippen molar-refractivity contribution in [3.63, 3.8) is 0 Å². The fourth-order valence-corrected chi connectivity index (χ4v) is 5.00. The van der Waals surface area contributed by atoms with Gasteiger partial charge >= 0.3 is 0 Å². The van der Waals surface area contributed by atoms with Crippen LogP contribution in [0.5, 0.6) is 0 Å². The summed E-state index contributed by atoms with van der Waals surface area (Å²) in [6, 6.07) is 6.10. The highest BCUT2D eigenvalue weighted by molar-refractivity contribution is 7.91. The summed E-state index contributed by atoms with van der Waals surface area (Å²) >= 11 is 0. The number of rotatable bonds is 4. The molecule has 1 aromatic carbocycles. The Bertz CT molecular complexity index is 669. The van der Waals surface area contributed by atoms with Crippen LogP contribution in [-0.4, -0.2) is 34.4 Å². The Morgan fingerprint density at radius 3 is 2.50 bits per heavy atom. The summed E-state index contributed by atoms with van der Waals surface area (Å²) in [6.45, 7) is 0.269. The molecule has 8 heteroatoms. The van der Waals surface area contributed by atoms with Crippen LogP contribution in [0.15, 0.2) is 29.2 Å². The van der Waals surface area contributed by atoms with E-state index in [1.807, 2.05) is 0 Å². The number of sulfonamides is 1. The molecule has 112 valence electrons. The third-order valence-corrected chi connectivity index (χ3v) is 6.55. The monoisotopic (exact) mass is 318 g/mol. The number of hydrogen-bond acceptors (Lipinski definition) is 5. The Balaban J connectivity index is 2.11. The SMILES string of the molecule is NCc1cccc(S(=O)(=O)NC2CCS(=O)(=O)CC2)c1. The largest absolute Gasteiger partial charge is 0.326 e. The van der Waals surface area contributed by atoms with Crippen molar-refractivity contribution in [2.75, 3.05) is 11.5 Å². The van der Waals surface area contributed by atoms with Crippen LogP contribution in [0.4, 0.5) is 0 Å². The van der Waals surface area contributed by atoms with E-state index in [9.17, 15) is 16.8 Å². The lowest BCUT2D eigenvalue weighted by atomic mass is 10.2. The summed E-state index contributed by atoms with van der Waals surface area (Å²) in [7, 11) is -6.63. The Morgan fingerprint density at radius 2 is 1.90 bits per heavy atom. The van der Waals surface area contributed by atoms with E-state index in [4.69, 9.17) is 5.73 Å². The molecule has 0 saturated carbocycles. The molecule has 1 heterocycles. The second kappa shape index (κ2) is 5.80. The van der Waals surface area contributed by atoms with Crippen molar-refractivity contribution >= 4 is 19.9 Å². The van der Waals surface area contributed by atoms with Crippen LogP contribution in [0.3, 0.4) is 0 Å². The molecular weight excluding hydrogens is 300 g/mol. The number of benzene rings is 1. The van der Waals surface area contributed by atoms with Crippen LogP contribution in [0.1, 0.15) is 18.4 Å². The van der Waals surface area contributed by atoms with Gasteiger partial charge in [0.05, 0.1) is 16.4 Å². The third-order valence-electron chi connectivity index (χ3n) is 3.32. The van der Waals surface area contributed by atoms with Crippen LogP contribution in [0, 0.1) is 0 Å². The van der Waals surface area contributed by atoms with Crippen LogP contribution >= 0.6 is 0 Å². The Kier molecular flexibility index (Phi) is 4.48. The van der Waals surface area contributed by atoms with Gasteiger partial charge in [-0.1, -0.05) is 12.1 Å². The summed E-state index contributed by atoms with van der Waals surface area (Å²) in [5.41, 5.74) is 6.23. The van der Waals surface area contributed by atoms with Gasteiger partial charge < -0.3 is 5.73 Å². The Hall–Kier alpha value is -0.960. The highest BCUT2D eigenvalue weighted by Gasteiger charge is 2.27. The van der Waals surface area contributed by atoms with E-state index < -0.39 is 19.9 Å². The predicted octanol–water partition coefficient (Wildman–Crippen LogP) is 0.000800. The van der Waals surface area contributed by atoms with Crippen molar-refractivity contribution in [1.29, 1.82) is 0 Å². The first-order chi connectivity index (χ1) is 9.32. The zero-order valence-electron chi connectivity index (χ0n) is 10.9. The van der Waals surface area contributed by atoms with Gasteiger partial charge in [-0.25, -0.2) is 21.6 Å². The molecule has 1 aliphatic heterocycles. The van der Waals surface area contributed by atoms with E-state index in [0.717, 1.165) is 5.56 Å². The first-order valence-corrected chi connectivity index (χ1v) is 9.65. The van der Waals surface area contributed by atoms with E-state index in [2.05, 4.69) is 4.72 Å². The molecule has 1 aliphatic rings. The molecule has 0 aliphatic carbocycles. The molecule has 0 bridgehead atoms. The second-order valence-electron chi connectivity index (χ2n) is 4.90. The molecule has 0 amide bonds. The standard InChI is InChI=1S/C12H18N2O4S2/c13-9-10-2-1-3-12(8-10)20(17,18)14-11-4-6-19(15,16)7-5-11/h1-3,8,11,14H,4-7,9,13H2. The molecule has 3 N–H and O–H groups in total. The van der Waals surface area contributed by atoms with Gasteiger partial charge in [-0.2, -0.15) is 0 Å². The Labute approximate surface area is 119 Å². The molecule has 1 fully saturated rings. The molecule has 0 atom stereocenters. The van der Waals surface area contributed by atoms with Crippen molar-refractivity contribution in [3.8, 4) is 0 Å². The normalized spacial score (nSPS) is 19.9. The second-order valence-corrected chi connectivity index (χ2v) is 8.92. The zero-order chi connectivity index (χ0) is 14.8. The number of sulfone groups is 1. The maximum absolute atomic E-state index is 12.2. The fourth-order valence-electron chi connectivity index (χ4n) is 2.13. The average Bonchev–Trinajstić information content (AvgIpc) is 2.41. The van der Waals surface area contributed by atoms with Crippen molar-refractivity contribution in [1.82, 2.24) is 4.72 Å². The van der Waals surface area contributed by atoms with Gasteiger partial charge in [0.2, 0.25) is 10.0 Å². The van der Waals surface area contributed by atoms with Gasteiger partial charge in [-0.05, 0) is 30.5 Å². The maximum Gasteiger partial charge on any atom is 0.240 e. The van der Waals surface area contributed by atoms with Gasteiger partial charge in [0.1, 0.15) is 9.84 Å². The quantitative estimate of drug-likeness (QED) is 0.813. The number of nitrogens with two attached hydrogens (primary N) is 1. The zero-order valence-corrected chi connectivity index (χ0v) is 12.6. The van der Waals surface area contributed by atoms with Crippen molar-refractivity contribution in [3.05, 3.63) is 29.8 Å². The molecule has 2 rings (SSSR count). The van der Waals surface area contributed by atoms with E-state index in [0.29, 0.717) is 12.8 Å². The molecular formula is C12H18N2O4S2. The molecule has 0 aromatic heterocycles. The minimum atomic E-state index is -3.63. The molecule has 1 aromatic rings. The first-order valence-electron chi connectivity index (χ1n) is 6.34. The summed E-state index contributed by atoms with van der Waals surface area (Å²) in [6.07, 6.45) is 0.635. The number of nitrogens with one attached hydrogen (secondary N) is 1. The topological polar surface area (TPSA) is 106 Å². The molecule has 6 nitrogen and oxygen atoms in total. The minimum Gasteiger partial charge on any atom is -0.326 e. The van der Waals surface area contributed by atoms with Gasteiger partial charge in [0.25, 0.3) is 0 Å². The number of hydrogen-bond donors (Lipinski definition) is 2. The van der Waals surface area contributed by atoms with Crippen LogP contribution in [0.25, 0.3) is 0 Å². The van der Waals surface area contributed by atoms with E-state index in [1.54, 1.807) is 12.1 Å². The molecule has 20 heavy (non-hydrogen) atoms. The van der Waals surface area contributed by atoms with E-state index in [-0.39, 0.29) is 29.0 Å². The lowest BCUT2D eigenvalue weighted by molar-refractivity contribution is 0.505. The van der Waals surface area contributed by atoms with E-state index in [1.165, 1.54) is 12.1 Å². The summed E-state index contributed by atoms with van der Waals surface area (Å²) in [5, 5.41) is 0. The average molecular weight is 318 g/mol. The lowest BCUT2D eigenvalue weighted by Crippen LogP contribution is -2.40. The molecule has 1 saturated heterocycles. The van der Waals surface area contributed by atoms with Crippen molar-refractivity contribution < 1.29 is 16.8 Å². The predicted molar refractivity (Wildman–Crippen MR) is 76.3 cm³/mol. The third kappa shape index (κ3) is 3.78. The van der Waals surface area contributed by atoms with Gasteiger partial charge in [0, 0.05) is 12.6 Å². The van der Waals surface area contributed by atoms with Crippen LogP contribution in [0.2, 0.25) is 0 Å². The lowest BCUT2D eigenvalue weighted by Gasteiger charge is -2.22. The summed E-state index contributed by atoms with van der Waals surface area (Å²) in [5.74, 6) is 0.0616.